The molecule has 0 N–H and O–H groups in total. The second-order valence-electron chi connectivity index (χ2n) is 5.80. The number of benzene rings is 2. The average molecular weight is 344 g/mol. The molecule has 0 amide bonds. The topological polar surface area (TPSA) is 4.93 Å². The summed E-state index contributed by atoms with van der Waals surface area (Å²) >= 11 is 0. The van der Waals surface area contributed by atoms with Crippen LogP contribution in [0, 0.1) is 0 Å². The Hall–Kier alpha value is -2.80. The van der Waals surface area contributed by atoms with Crippen LogP contribution in [0.5, 0.6) is 0 Å². The van der Waals surface area contributed by atoms with Crippen molar-refractivity contribution in [3.8, 4) is 11.1 Å². The third-order valence-electron chi connectivity index (χ3n) is 4.36. The minimum atomic E-state index is 0.983. The highest BCUT2D eigenvalue weighted by Crippen LogP contribution is 2.23. The molecule has 134 valence electrons. The molecule has 1 heterocycles. The van der Waals surface area contributed by atoms with E-state index in [0.29, 0.717) is 0 Å². The number of nitrogens with zero attached hydrogens (tertiary/aromatic N) is 1. The van der Waals surface area contributed by atoms with E-state index in [9.17, 15) is 0 Å². The van der Waals surface area contributed by atoms with Gasteiger partial charge in [0.15, 0.2) is 0 Å². The predicted molar refractivity (Wildman–Crippen MR) is 118 cm³/mol. The second kappa shape index (κ2) is 9.05. The van der Waals surface area contributed by atoms with Crippen molar-refractivity contribution in [2.45, 2.75) is 34.6 Å². The molecule has 0 fully saturated rings. The summed E-state index contributed by atoms with van der Waals surface area (Å²) in [6.07, 6.45) is 8.43. The molecule has 3 rings (SSSR count). The van der Waals surface area contributed by atoms with E-state index in [1.54, 1.807) is 0 Å². The molecule has 0 aliphatic carbocycles. The molecule has 0 aliphatic rings. The van der Waals surface area contributed by atoms with Crippen LogP contribution in [0.15, 0.2) is 67.3 Å². The lowest BCUT2D eigenvalue weighted by atomic mass is 10.0. The van der Waals surface area contributed by atoms with Crippen LogP contribution in [0.4, 0.5) is 0 Å². The number of aromatic nitrogens is 1. The van der Waals surface area contributed by atoms with Crippen LogP contribution in [0.1, 0.15) is 34.6 Å². The monoisotopic (exact) mass is 343 g/mol. The summed E-state index contributed by atoms with van der Waals surface area (Å²) < 4.78 is 2.24. The fraction of sp³-hybridized carbons (Fsp3) is 0.200. The molecule has 0 saturated carbocycles. The smallest absolute Gasteiger partial charge is 0.0540 e. The van der Waals surface area contributed by atoms with Crippen molar-refractivity contribution in [1.29, 1.82) is 0 Å². The SMILES string of the molecule is C=C(/C=C\C)n1c(=C/C)/c(=C\C)c2cc(-c3ccccc3)ccc21.CC. The Morgan fingerprint density at radius 3 is 2.15 bits per heavy atom. The van der Waals surface area contributed by atoms with Gasteiger partial charge in [-0.25, -0.2) is 0 Å². The first-order valence-electron chi connectivity index (χ1n) is 9.35. The van der Waals surface area contributed by atoms with Crippen LogP contribution in [0.2, 0.25) is 0 Å². The molecule has 0 saturated heterocycles. The molecule has 0 spiro atoms. The Morgan fingerprint density at radius 1 is 0.885 bits per heavy atom. The van der Waals surface area contributed by atoms with Gasteiger partial charge >= 0.3 is 0 Å². The molecule has 0 radical (unpaired) electrons. The maximum Gasteiger partial charge on any atom is 0.0540 e. The zero-order valence-corrected chi connectivity index (χ0v) is 16.6. The molecule has 1 nitrogen and oxygen atoms in total. The Balaban J connectivity index is 0.00000117. The van der Waals surface area contributed by atoms with Gasteiger partial charge in [-0.3, -0.25) is 0 Å². The number of hydrogen-bond donors (Lipinski definition) is 0. The maximum atomic E-state index is 4.24. The van der Waals surface area contributed by atoms with Gasteiger partial charge < -0.3 is 4.57 Å². The highest BCUT2D eigenvalue weighted by molar-refractivity contribution is 5.90. The van der Waals surface area contributed by atoms with Gasteiger partial charge in [0.2, 0.25) is 0 Å². The highest BCUT2D eigenvalue weighted by Gasteiger charge is 2.09. The highest BCUT2D eigenvalue weighted by atomic mass is 15.0. The van der Waals surface area contributed by atoms with Gasteiger partial charge in [-0.05, 0) is 50.1 Å². The van der Waals surface area contributed by atoms with E-state index in [0.717, 1.165) is 5.70 Å². The van der Waals surface area contributed by atoms with Crippen molar-refractivity contribution < 1.29 is 0 Å². The molecule has 0 atom stereocenters. The first-order valence-corrected chi connectivity index (χ1v) is 9.35. The molecule has 26 heavy (non-hydrogen) atoms. The summed E-state index contributed by atoms with van der Waals surface area (Å²) in [4.78, 5) is 0. The molecule has 0 bridgehead atoms. The van der Waals surface area contributed by atoms with Crippen molar-refractivity contribution >= 4 is 28.8 Å². The summed E-state index contributed by atoms with van der Waals surface area (Å²) in [5.41, 5.74) is 4.65. The van der Waals surface area contributed by atoms with E-state index < -0.39 is 0 Å². The minimum absolute atomic E-state index is 0.983. The Kier molecular flexibility index (Phi) is 6.80. The predicted octanol–water partition coefficient (Wildman–Crippen LogP) is 5.98. The fourth-order valence-electron chi connectivity index (χ4n) is 3.31. The summed E-state index contributed by atoms with van der Waals surface area (Å²) in [7, 11) is 0. The molecule has 1 aromatic heterocycles. The quantitative estimate of drug-likeness (QED) is 0.515. The van der Waals surface area contributed by atoms with Crippen LogP contribution in [-0.2, 0) is 0 Å². The van der Waals surface area contributed by atoms with E-state index in [1.807, 2.05) is 26.8 Å². The molecule has 2 aromatic carbocycles. The molecule has 3 aromatic rings. The normalized spacial score (nSPS) is 12.5. The molecule has 0 unspecified atom stereocenters. The van der Waals surface area contributed by atoms with E-state index >= 15 is 0 Å². The molecule has 1 heteroatoms. The fourth-order valence-corrected chi connectivity index (χ4v) is 3.31. The van der Waals surface area contributed by atoms with Gasteiger partial charge in [0, 0.05) is 21.7 Å². The zero-order valence-electron chi connectivity index (χ0n) is 16.6. The summed E-state index contributed by atoms with van der Waals surface area (Å²) in [5, 5.41) is 3.72. The first kappa shape index (κ1) is 19.5. The third-order valence-corrected chi connectivity index (χ3v) is 4.36. The average Bonchev–Trinajstić information content (AvgIpc) is 3.03. The Labute approximate surface area is 157 Å². The van der Waals surface area contributed by atoms with E-state index in [-0.39, 0.29) is 0 Å². The van der Waals surface area contributed by atoms with Crippen LogP contribution < -0.4 is 10.6 Å². The van der Waals surface area contributed by atoms with E-state index in [1.165, 1.54) is 32.6 Å². The van der Waals surface area contributed by atoms with E-state index in [2.05, 4.69) is 91.8 Å². The van der Waals surface area contributed by atoms with Crippen molar-refractivity contribution in [1.82, 2.24) is 4.57 Å². The van der Waals surface area contributed by atoms with E-state index in [4.69, 9.17) is 0 Å². The van der Waals surface area contributed by atoms with Crippen LogP contribution >= 0.6 is 0 Å². The summed E-state index contributed by atoms with van der Waals surface area (Å²) in [6.45, 7) is 14.4. The largest absolute Gasteiger partial charge is 0.310 e. The number of allylic oxidation sites excluding steroid dienone is 3. The Morgan fingerprint density at radius 2 is 1.58 bits per heavy atom. The third kappa shape index (κ3) is 3.57. The van der Waals surface area contributed by atoms with Gasteiger partial charge in [-0.1, -0.05) is 75.1 Å². The minimum Gasteiger partial charge on any atom is -0.310 e. The molecular weight excluding hydrogens is 314 g/mol. The lowest BCUT2D eigenvalue weighted by molar-refractivity contribution is 1.11. The summed E-state index contributed by atoms with van der Waals surface area (Å²) in [5.74, 6) is 0. The van der Waals surface area contributed by atoms with Gasteiger partial charge in [0.05, 0.1) is 5.52 Å². The molecule has 0 aliphatic heterocycles. The zero-order chi connectivity index (χ0) is 19.1. The van der Waals surface area contributed by atoms with Crippen LogP contribution in [0.3, 0.4) is 0 Å². The standard InChI is InChI=1S/C23H23N.C2H6/c1-5-11-17(4)24-22(7-3)20(6-2)21-16-19(14-15-23(21)24)18-12-9-8-10-13-18;1-2/h5-16H,4H2,1-3H3;1-2H3/b11-5-,20-6-,22-7+;. The van der Waals surface area contributed by atoms with Gasteiger partial charge in [-0.2, -0.15) is 0 Å². The first-order chi connectivity index (χ1) is 12.7. The van der Waals surface area contributed by atoms with Crippen molar-refractivity contribution in [2.24, 2.45) is 0 Å². The van der Waals surface area contributed by atoms with Gasteiger partial charge in [0.25, 0.3) is 0 Å². The van der Waals surface area contributed by atoms with Crippen LogP contribution in [-0.4, -0.2) is 4.57 Å². The van der Waals surface area contributed by atoms with Gasteiger partial charge in [-0.15, -0.1) is 0 Å². The number of fused-ring (bicyclic) bond motifs is 1. The van der Waals surface area contributed by atoms with Crippen molar-refractivity contribution in [3.63, 3.8) is 0 Å². The number of hydrogen-bond acceptors (Lipinski definition) is 0. The molecular formula is C25H29N. The lowest BCUT2D eigenvalue weighted by Gasteiger charge is -2.07. The maximum absolute atomic E-state index is 4.24. The number of rotatable bonds is 3. The Bertz CT molecular complexity index is 1030. The second-order valence-corrected chi connectivity index (χ2v) is 5.80. The van der Waals surface area contributed by atoms with Crippen molar-refractivity contribution in [3.05, 3.63) is 77.8 Å². The lowest BCUT2D eigenvalue weighted by Crippen LogP contribution is -2.27. The van der Waals surface area contributed by atoms with Gasteiger partial charge in [0.1, 0.15) is 0 Å². The summed E-state index contributed by atoms with van der Waals surface area (Å²) in [6, 6.07) is 17.2. The van der Waals surface area contributed by atoms with Crippen molar-refractivity contribution in [2.75, 3.05) is 0 Å². The van der Waals surface area contributed by atoms with Crippen LogP contribution in [0.25, 0.3) is 39.9 Å².